The first-order valence-corrected chi connectivity index (χ1v) is 5.68. The van der Waals surface area contributed by atoms with Gasteiger partial charge in [-0.05, 0) is 24.8 Å². The van der Waals surface area contributed by atoms with Gasteiger partial charge in [0.25, 0.3) is 0 Å². The maximum Gasteiger partial charge on any atom is 0.224 e. The molecule has 0 atom stereocenters. The van der Waals surface area contributed by atoms with Gasteiger partial charge in [-0.25, -0.2) is 0 Å². The van der Waals surface area contributed by atoms with Crippen molar-refractivity contribution in [2.75, 3.05) is 13.1 Å². The maximum absolute atomic E-state index is 11.0. The van der Waals surface area contributed by atoms with Crippen LogP contribution in [0.2, 0.25) is 0 Å². The van der Waals surface area contributed by atoms with E-state index in [0.29, 0.717) is 5.91 Å². The van der Waals surface area contributed by atoms with Crippen molar-refractivity contribution in [1.29, 1.82) is 0 Å². The molecule has 80 valence electrons. The zero-order valence-corrected chi connectivity index (χ0v) is 8.98. The molecule has 0 saturated carbocycles. The number of carbonyl (C=O) groups is 1. The third-order valence-electron chi connectivity index (χ3n) is 2.93. The van der Waals surface area contributed by atoms with Crippen LogP contribution in [0.5, 0.6) is 0 Å². The fraction of sp³-hybridized carbons (Fsp3) is 0.462. The summed E-state index contributed by atoms with van der Waals surface area (Å²) >= 11 is 0. The molecule has 1 aliphatic rings. The Kier molecular flexibility index (Phi) is 3.38. The zero-order valence-electron chi connectivity index (χ0n) is 8.98. The molecule has 1 aromatic carbocycles. The Bertz CT molecular complexity index is 321. The number of benzene rings is 1. The van der Waals surface area contributed by atoms with E-state index in [0.717, 1.165) is 32.4 Å². The smallest absolute Gasteiger partial charge is 0.224 e. The van der Waals surface area contributed by atoms with Gasteiger partial charge >= 0.3 is 0 Å². The quantitative estimate of drug-likeness (QED) is 0.531. The highest BCUT2D eigenvalue weighted by Gasteiger charge is 2.22. The number of carbonyl (C=O) groups excluding carboxylic acids is 1. The second-order valence-corrected chi connectivity index (χ2v) is 4.07. The first-order chi connectivity index (χ1) is 7.36. The molecule has 2 rings (SSSR count). The van der Waals surface area contributed by atoms with E-state index in [1.54, 1.807) is 0 Å². The maximum atomic E-state index is 11.0. The average Bonchev–Trinajstić information content (AvgIpc) is 2.28. The molecule has 1 heterocycles. The monoisotopic (exact) mass is 203 g/mol. The third kappa shape index (κ3) is 2.82. The van der Waals surface area contributed by atoms with Gasteiger partial charge in [0, 0.05) is 19.5 Å². The third-order valence-corrected chi connectivity index (χ3v) is 2.93. The minimum absolute atomic E-state index is 0.328. The highest BCUT2D eigenvalue weighted by atomic mass is 16.2. The summed E-state index contributed by atoms with van der Waals surface area (Å²) in [5, 5.41) is 0. The standard InChI is InChI=1S/C13H17NO/c15-13-9-11-14(13)10-5-4-8-12-6-2-1-3-7-12/h1-3,6-7H,4-5,8-11H2. The van der Waals surface area contributed by atoms with E-state index in [1.165, 1.54) is 12.0 Å². The topological polar surface area (TPSA) is 20.3 Å². The van der Waals surface area contributed by atoms with E-state index in [-0.39, 0.29) is 0 Å². The SMILES string of the molecule is O=C1CCN1CCCCc1ccccc1. The summed E-state index contributed by atoms with van der Waals surface area (Å²) in [5.41, 5.74) is 1.40. The summed E-state index contributed by atoms with van der Waals surface area (Å²) in [6.07, 6.45) is 4.19. The van der Waals surface area contributed by atoms with Gasteiger partial charge in [0.2, 0.25) is 5.91 Å². The minimum atomic E-state index is 0.328. The van der Waals surface area contributed by atoms with E-state index in [4.69, 9.17) is 0 Å². The number of hydrogen-bond acceptors (Lipinski definition) is 1. The summed E-state index contributed by atoms with van der Waals surface area (Å²) < 4.78 is 0. The van der Waals surface area contributed by atoms with Crippen LogP contribution in [-0.2, 0) is 11.2 Å². The van der Waals surface area contributed by atoms with Crippen molar-refractivity contribution < 1.29 is 4.79 Å². The van der Waals surface area contributed by atoms with Crippen LogP contribution < -0.4 is 0 Å². The van der Waals surface area contributed by atoms with Gasteiger partial charge in [0.05, 0.1) is 0 Å². The number of hydrogen-bond donors (Lipinski definition) is 0. The number of nitrogens with zero attached hydrogens (tertiary/aromatic N) is 1. The summed E-state index contributed by atoms with van der Waals surface area (Å²) in [4.78, 5) is 13.0. The number of aryl methyl sites for hydroxylation is 1. The van der Waals surface area contributed by atoms with Gasteiger partial charge in [-0.2, -0.15) is 0 Å². The Hall–Kier alpha value is -1.31. The van der Waals surface area contributed by atoms with Crippen LogP contribution in [0.25, 0.3) is 0 Å². The minimum Gasteiger partial charge on any atom is -0.342 e. The first kappa shape index (κ1) is 10.2. The molecular weight excluding hydrogens is 186 g/mol. The lowest BCUT2D eigenvalue weighted by molar-refractivity contribution is -0.139. The molecule has 1 amide bonds. The lowest BCUT2D eigenvalue weighted by Crippen LogP contribution is -2.43. The van der Waals surface area contributed by atoms with Gasteiger partial charge in [0.1, 0.15) is 0 Å². The Morgan fingerprint density at radius 1 is 1.13 bits per heavy atom. The van der Waals surface area contributed by atoms with Crippen molar-refractivity contribution in [3.8, 4) is 0 Å². The van der Waals surface area contributed by atoms with E-state index in [1.807, 2.05) is 11.0 Å². The van der Waals surface area contributed by atoms with Gasteiger partial charge in [0.15, 0.2) is 0 Å². The van der Waals surface area contributed by atoms with Crippen molar-refractivity contribution in [3.63, 3.8) is 0 Å². The molecule has 0 unspecified atom stereocenters. The van der Waals surface area contributed by atoms with Crippen molar-refractivity contribution in [2.24, 2.45) is 0 Å². The molecule has 1 aromatic rings. The summed E-state index contributed by atoms with van der Waals surface area (Å²) in [7, 11) is 0. The molecule has 2 nitrogen and oxygen atoms in total. The van der Waals surface area contributed by atoms with E-state index in [2.05, 4.69) is 24.3 Å². The summed E-state index contributed by atoms with van der Waals surface area (Å²) in [6, 6.07) is 10.5. The lowest BCUT2D eigenvalue weighted by Gasteiger charge is -2.30. The number of unbranched alkanes of at least 4 members (excludes halogenated alkanes) is 1. The normalized spacial score (nSPS) is 15.2. The highest BCUT2D eigenvalue weighted by molar-refractivity contribution is 5.81. The van der Waals surface area contributed by atoms with Crippen molar-refractivity contribution in [1.82, 2.24) is 4.90 Å². The predicted molar refractivity (Wildman–Crippen MR) is 60.6 cm³/mol. The average molecular weight is 203 g/mol. The van der Waals surface area contributed by atoms with Crippen molar-refractivity contribution in [2.45, 2.75) is 25.7 Å². The van der Waals surface area contributed by atoms with Crippen LogP contribution in [-0.4, -0.2) is 23.9 Å². The Morgan fingerprint density at radius 3 is 2.53 bits per heavy atom. The number of rotatable bonds is 5. The number of likely N-dealkylation sites (tertiary alicyclic amines) is 1. The second kappa shape index (κ2) is 4.96. The largest absolute Gasteiger partial charge is 0.342 e. The highest BCUT2D eigenvalue weighted by Crippen LogP contribution is 2.11. The van der Waals surface area contributed by atoms with E-state index < -0.39 is 0 Å². The van der Waals surface area contributed by atoms with Crippen LogP contribution in [0.15, 0.2) is 30.3 Å². The molecule has 1 saturated heterocycles. The molecule has 0 N–H and O–H groups in total. The lowest BCUT2D eigenvalue weighted by atomic mass is 10.1. The van der Waals surface area contributed by atoms with Crippen LogP contribution in [0.3, 0.4) is 0 Å². The van der Waals surface area contributed by atoms with E-state index >= 15 is 0 Å². The molecule has 15 heavy (non-hydrogen) atoms. The van der Waals surface area contributed by atoms with Crippen molar-refractivity contribution in [3.05, 3.63) is 35.9 Å². The Balaban J connectivity index is 1.61. The fourth-order valence-electron chi connectivity index (χ4n) is 1.87. The Labute approximate surface area is 90.9 Å². The molecular formula is C13H17NO. The van der Waals surface area contributed by atoms with Gasteiger partial charge in [-0.15, -0.1) is 0 Å². The molecule has 0 spiro atoms. The van der Waals surface area contributed by atoms with Crippen LogP contribution in [0, 0.1) is 0 Å². The molecule has 0 radical (unpaired) electrons. The van der Waals surface area contributed by atoms with Crippen LogP contribution in [0.1, 0.15) is 24.8 Å². The Morgan fingerprint density at radius 2 is 1.93 bits per heavy atom. The van der Waals surface area contributed by atoms with Crippen molar-refractivity contribution >= 4 is 5.91 Å². The number of β-lactam (4-membered cyclic amide) rings is 1. The summed E-state index contributed by atoms with van der Waals surface area (Å²) in [6.45, 7) is 1.93. The van der Waals surface area contributed by atoms with Gasteiger partial charge in [-0.3, -0.25) is 4.79 Å². The predicted octanol–water partition coefficient (Wildman–Crippen LogP) is 2.24. The number of amides is 1. The molecule has 0 aliphatic carbocycles. The fourth-order valence-corrected chi connectivity index (χ4v) is 1.87. The first-order valence-electron chi connectivity index (χ1n) is 5.68. The second-order valence-electron chi connectivity index (χ2n) is 4.07. The molecule has 1 fully saturated rings. The zero-order chi connectivity index (χ0) is 10.5. The molecule has 0 aromatic heterocycles. The van der Waals surface area contributed by atoms with Gasteiger partial charge < -0.3 is 4.90 Å². The molecule has 0 bridgehead atoms. The van der Waals surface area contributed by atoms with Crippen LogP contribution >= 0.6 is 0 Å². The van der Waals surface area contributed by atoms with Crippen LogP contribution in [0.4, 0.5) is 0 Å². The molecule has 1 aliphatic heterocycles. The summed E-state index contributed by atoms with van der Waals surface area (Å²) in [5.74, 6) is 0.328. The van der Waals surface area contributed by atoms with E-state index in [9.17, 15) is 4.79 Å². The molecule has 2 heteroatoms. The van der Waals surface area contributed by atoms with Gasteiger partial charge in [-0.1, -0.05) is 30.3 Å².